The number of methoxy groups -OCH3 is 1. The standard InChI is InChI=1S/C23H28N2O3S.ClH/c1-28-18-11-9-17(10-12-18)22-21(26)23(27)25(16-15-24-13-5-2-6-14-24)19-7-3-4-8-20(19)29-22;/h3-4,7-12,21-22,26H,2,5-6,13-16H2,1H3;1H/t21-,22-;/m1./s1. The van der Waals surface area contributed by atoms with Crippen LogP contribution in [0.1, 0.15) is 30.1 Å². The van der Waals surface area contributed by atoms with E-state index in [2.05, 4.69) is 4.90 Å². The second-order valence-corrected chi connectivity index (χ2v) is 8.80. The molecular weight excluding hydrogens is 420 g/mol. The smallest absolute Gasteiger partial charge is 0.257 e. The van der Waals surface area contributed by atoms with E-state index in [0.29, 0.717) is 6.54 Å². The van der Waals surface area contributed by atoms with Crippen molar-refractivity contribution in [2.45, 2.75) is 35.5 Å². The molecule has 0 radical (unpaired) electrons. The number of piperidine rings is 1. The van der Waals surface area contributed by atoms with E-state index in [0.717, 1.165) is 41.5 Å². The Balaban J connectivity index is 0.00000256. The Kier molecular flexibility index (Phi) is 8.06. The average molecular weight is 449 g/mol. The SMILES string of the molecule is COc1ccc([C@H]2Sc3ccccc3N(CCN3CCCCC3)C(=O)[C@@H]2O)cc1.Cl. The fourth-order valence-electron chi connectivity index (χ4n) is 4.09. The van der Waals surface area contributed by atoms with Gasteiger partial charge in [0.25, 0.3) is 5.91 Å². The molecule has 2 heterocycles. The number of hydrogen-bond acceptors (Lipinski definition) is 5. The molecule has 2 aliphatic rings. The summed E-state index contributed by atoms with van der Waals surface area (Å²) >= 11 is 1.55. The first kappa shape index (κ1) is 22.9. The van der Waals surface area contributed by atoms with Crippen molar-refractivity contribution in [3.63, 3.8) is 0 Å². The molecule has 0 spiro atoms. The van der Waals surface area contributed by atoms with Crippen molar-refractivity contribution in [3.05, 3.63) is 54.1 Å². The number of rotatable bonds is 5. The minimum absolute atomic E-state index is 0. The summed E-state index contributed by atoms with van der Waals surface area (Å²) < 4.78 is 5.24. The molecule has 4 rings (SSSR count). The van der Waals surface area contributed by atoms with Gasteiger partial charge in [0.2, 0.25) is 0 Å². The second kappa shape index (κ2) is 10.5. The number of para-hydroxylation sites is 1. The van der Waals surface area contributed by atoms with Crippen LogP contribution < -0.4 is 9.64 Å². The molecule has 0 saturated carbocycles. The molecule has 2 atom stereocenters. The van der Waals surface area contributed by atoms with Crippen LogP contribution in [0.25, 0.3) is 0 Å². The highest BCUT2D eigenvalue weighted by Crippen LogP contribution is 2.45. The number of fused-ring (bicyclic) bond motifs is 1. The molecule has 1 amide bonds. The maximum Gasteiger partial charge on any atom is 0.257 e. The third kappa shape index (κ3) is 4.94. The number of carbonyl (C=O) groups excluding carboxylic acids is 1. The number of hydrogen-bond donors (Lipinski definition) is 1. The molecule has 0 aromatic heterocycles. The van der Waals surface area contributed by atoms with Gasteiger partial charge in [-0.3, -0.25) is 4.79 Å². The van der Waals surface area contributed by atoms with Gasteiger partial charge in [0.05, 0.1) is 18.0 Å². The Morgan fingerprint density at radius 3 is 2.43 bits per heavy atom. The molecule has 1 N–H and O–H groups in total. The number of anilines is 1. The van der Waals surface area contributed by atoms with Gasteiger partial charge in [0, 0.05) is 18.0 Å². The first-order chi connectivity index (χ1) is 14.2. The summed E-state index contributed by atoms with van der Waals surface area (Å²) in [6.45, 7) is 3.62. The quantitative estimate of drug-likeness (QED) is 0.744. The van der Waals surface area contributed by atoms with Crippen molar-refractivity contribution in [2.24, 2.45) is 0 Å². The van der Waals surface area contributed by atoms with Crippen LogP contribution in [0.4, 0.5) is 5.69 Å². The van der Waals surface area contributed by atoms with Gasteiger partial charge in [-0.25, -0.2) is 0 Å². The van der Waals surface area contributed by atoms with Gasteiger partial charge in [-0.15, -0.1) is 24.2 Å². The fourth-order valence-corrected chi connectivity index (χ4v) is 5.36. The number of nitrogens with zero attached hydrogens (tertiary/aromatic N) is 2. The number of benzene rings is 2. The third-order valence-electron chi connectivity index (χ3n) is 5.75. The largest absolute Gasteiger partial charge is 0.497 e. The zero-order valence-corrected chi connectivity index (χ0v) is 18.8. The van der Waals surface area contributed by atoms with Gasteiger partial charge in [0.1, 0.15) is 11.9 Å². The van der Waals surface area contributed by atoms with E-state index in [1.165, 1.54) is 19.3 Å². The van der Waals surface area contributed by atoms with Crippen LogP contribution in [0.3, 0.4) is 0 Å². The molecule has 0 unspecified atom stereocenters. The summed E-state index contributed by atoms with van der Waals surface area (Å²) in [6, 6.07) is 15.6. The van der Waals surface area contributed by atoms with E-state index in [-0.39, 0.29) is 23.6 Å². The molecular formula is C23H29ClN2O3S. The maximum absolute atomic E-state index is 13.3. The molecule has 0 aliphatic carbocycles. The minimum Gasteiger partial charge on any atom is -0.497 e. The number of aliphatic hydroxyl groups is 1. The Bertz CT molecular complexity index is 843. The Morgan fingerprint density at radius 2 is 1.73 bits per heavy atom. The highest BCUT2D eigenvalue weighted by Gasteiger charge is 2.37. The first-order valence-corrected chi connectivity index (χ1v) is 11.2. The highest BCUT2D eigenvalue weighted by molar-refractivity contribution is 7.99. The molecule has 1 saturated heterocycles. The van der Waals surface area contributed by atoms with Crippen molar-refractivity contribution in [2.75, 3.05) is 38.2 Å². The van der Waals surface area contributed by atoms with Gasteiger partial charge >= 0.3 is 0 Å². The third-order valence-corrected chi connectivity index (χ3v) is 7.13. The molecule has 7 heteroatoms. The van der Waals surface area contributed by atoms with E-state index >= 15 is 0 Å². The van der Waals surface area contributed by atoms with Crippen LogP contribution >= 0.6 is 24.2 Å². The monoisotopic (exact) mass is 448 g/mol. The van der Waals surface area contributed by atoms with Crippen molar-refractivity contribution in [1.82, 2.24) is 4.90 Å². The predicted molar refractivity (Wildman–Crippen MR) is 124 cm³/mol. The molecule has 2 aromatic carbocycles. The lowest BCUT2D eigenvalue weighted by molar-refractivity contribution is -0.126. The van der Waals surface area contributed by atoms with Gasteiger partial charge in [-0.2, -0.15) is 0 Å². The fraction of sp³-hybridized carbons (Fsp3) is 0.435. The van der Waals surface area contributed by atoms with E-state index in [9.17, 15) is 9.90 Å². The van der Waals surface area contributed by atoms with Crippen molar-refractivity contribution in [3.8, 4) is 5.75 Å². The number of likely N-dealkylation sites (tertiary alicyclic amines) is 1. The van der Waals surface area contributed by atoms with E-state index in [1.54, 1.807) is 23.8 Å². The lowest BCUT2D eigenvalue weighted by Gasteiger charge is -2.30. The molecule has 2 aromatic rings. The summed E-state index contributed by atoms with van der Waals surface area (Å²) in [5.74, 6) is 0.539. The van der Waals surface area contributed by atoms with Gasteiger partial charge < -0.3 is 19.6 Å². The molecule has 0 bridgehead atoms. The van der Waals surface area contributed by atoms with E-state index in [1.807, 2.05) is 48.5 Å². The van der Waals surface area contributed by atoms with Crippen molar-refractivity contribution in [1.29, 1.82) is 0 Å². The summed E-state index contributed by atoms with van der Waals surface area (Å²) in [5, 5.41) is 10.7. The Labute approximate surface area is 188 Å². The van der Waals surface area contributed by atoms with Crippen molar-refractivity contribution >= 4 is 35.8 Å². The lowest BCUT2D eigenvalue weighted by atomic mass is 10.1. The summed E-state index contributed by atoms with van der Waals surface area (Å²) in [6.07, 6.45) is 2.65. The molecule has 162 valence electrons. The van der Waals surface area contributed by atoms with Crippen LogP contribution in [0, 0.1) is 0 Å². The van der Waals surface area contributed by atoms with Gasteiger partial charge in [-0.05, 0) is 55.8 Å². The lowest BCUT2D eigenvalue weighted by Crippen LogP contribution is -2.45. The van der Waals surface area contributed by atoms with Gasteiger partial charge in [0.15, 0.2) is 0 Å². The molecule has 5 nitrogen and oxygen atoms in total. The van der Waals surface area contributed by atoms with Crippen LogP contribution in [0.2, 0.25) is 0 Å². The number of amides is 1. The average Bonchev–Trinajstić information content (AvgIpc) is 2.88. The van der Waals surface area contributed by atoms with Crippen LogP contribution in [0.15, 0.2) is 53.4 Å². The molecule has 1 fully saturated rings. The Hall–Kier alpha value is -1.73. The van der Waals surface area contributed by atoms with Crippen molar-refractivity contribution < 1.29 is 14.6 Å². The number of aliphatic hydroxyl groups excluding tert-OH is 1. The zero-order valence-electron chi connectivity index (χ0n) is 17.2. The first-order valence-electron chi connectivity index (χ1n) is 10.3. The maximum atomic E-state index is 13.3. The number of ether oxygens (including phenoxy) is 1. The normalized spacial score (nSPS) is 22.1. The topological polar surface area (TPSA) is 53.0 Å². The molecule has 2 aliphatic heterocycles. The highest BCUT2D eigenvalue weighted by atomic mass is 35.5. The molecule has 30 heavy (non-hydrogen) atoms. The number of carbonyl (C=O) groups is 1. The number of thioether (sulfide) groups is 1. The minimum atomic E-state index is -1.10. The summed E-state index contributed by atoms with van der Waals surface area (Å²) in [7, 11) is 1.63. The summed E-state index contributed by atoms with van der Waals surface area (Å²) in [4.78, 5) is 18.5. The van der Waals surface area contributed by atoms with Crippen LogP contribution in [0.5, 0.6) is 5.75 Å². The Morgan fingerprint density at radius 1 is 1.03 bits per heavy atom. The number of halogens is 1. The second-order valence-electron chi connectivity index (χ2n) is 7.62. The van der Waals surface area contributed by atoms with Crippen LogP contribution in [-0.4, -0.2) is 55.3 Å². The van der Waals surface area contributed by atoms with Crippen LogP contribution in [-0.2, 0) is 4.79 Å². The zero-order chi connectivity index (χ0) is 20.2. The predicted octanol–water partition coefficient (Wildman–Crippen LogP) is 4.14. The van der Waals surface area contributed by atoms with E-state index < -0.39 is 6.10 Å². The van der Waals surface area contributed by atoms with Gasteiger partial charge in [-0.1, -0.05) is 30.7 Å². The summed E-state index contributed by atoms with van der Waals surface area (Å²) in [5.41, 5.74) is 1.82. The van der Waals surface area contributed by atoms with E-state index in [4.69, 9.17) is 4.74 Å².